The van der Waals surface area contributed by atoms with Gasteiger partial charge in [0.15, 0.2) is 11.4 Å². The summed E-state index contributed by atoms with van der Waals surface area (Å²) in [4.78, 5) is 43.5. The molecule has 0 bridgehead atoms. The van der Waals surface area contributed by atoms with Gasteiger partial charge in [-0.1, -0.05) is 41.9 Å². The summed E-state index contributed by atoms with van der Waals surface area (Å²) < 4.78 is 22.4. The first-order valence-electron chi connectivity index (χ1n) is 13.0. The second kappa shape index (κ2) is 10.7. The number of benzene rings is 2. The van der Waals surface area contributed by atoms with Gasteiger partial charge in [0.05, 0.1) is 29.4 Å². The normalized spacial score (nSPS) is 17.6. The minimum atomic E-state index is -1.23. The number of hydrogen-bond acceptors (Lipinski definition) is 6. The number of nitrogens with one attached hydrogen (secondary N) is 2. The molecule has 2 N–H and O–H groups in total. The van der Waals surface area contributed by atoms with Crippen molar-refractivity contribution in [2.45, 2.75) is 25.1 Å². The van der Waals surface area contributed by atoms with Gasteiger partial charge in [-0.25, -0.2) is 14.2 Å². The Morgan fingerprint density at radius 2 is 1.90 bits per heavy atom. The van der Waals surface area contributed by atoms with Gasteiger partial charge in [-0.05, 0) is 41.5 Å². The lowest BCUT2D eigenvalue weighted by molar-refractivity contribution is 0.0263. The molecule has 1 fully saturated rings. The molecule has 1 saturated heterocycles. The first kappa shape index (κ1) is 26.5. The average molecular weight is 574 g/mol. The highest BCUT2D eigenvalue weighted by Gasteiger charge is 2.50. The Kier molecular flexibility index (Phi) is 6.92. The van der Waals surface area contributed by atoms with E-state index in [1.165, 1.54) is 18.3 Å². The topological polar surface area (TPSA) is 106 Å². The Bertz CT molecular complexity index is 1710. The number of anilines is 2. The lowest BCUT2D eigenvalue weighted by atomic mass is 9.89. The molecule has 2 aliphatic heterocycles. The number of rotatable bonds is 6. The van der Waals surface area contributed by atoms with E-state index in [9.17, 15) is 14.4 Å². The molecule has 6 rings (SSSR count). The van der Waals surface area contributed by atoms with Gasteiger partial charge in [0.2, 0.25) is 0 Å². The Labute approximate surface area is 239 Å². The largest absolute Gasteiger partial charge is 0.436 e. The van der Waals surface area contributed by atoms with Crippen LogP contribution >= 0.6 is 11.6 Å². The Morgan fingerprint density at radius 3 is 2.71 bits per heavy atom. The zero-order chi connectivity index (χ0) is 28.6. The number of pyridine rings is 2. The number of fused-ring (bicyclic) bond motifs is 2. The maximum atomic E-state index is 15.1. The molecule has 9 nitrogen and oxygen atoms in total. The van der Waals surface area contributed by atoms with Gasteiger partial charge in [-0.3, -0.25) is 14.9 Å². The molecule has 2 aromatic heterocycles. The van der Waals surface area contributed by atoms with Crippen LogP contribution in [0.15, 0.2) is 83.9 Å². The van der Waals surface area contributed by atoms with E-state index in [0.717, 1.165) is 11.1 Å². The van der Waals surface area contributed by atoms with E-state index in [-0.39, 0.29) is 28.6 Å². The van der Waals surface area contributed by atoms with E-state index >= 15 is 4.39 Å². The minimum absolute atomic E-state index is 0.0561. The lowest BCUT2D eigenvalue weighted by Gasteiger charge is -2.35. The molecule has 41 heavy (non-hydrogen) atoms. The van der Waals surface area contributed by atoms with Crippen LogP contribution in [0.1, 0.15) is 33.5 Å². The van der Waals surface area contributed by atoms with Crippen molar-refractivity contribution in [3.63, 3.8) is 0 Å². The molecular formula is C30H25ClFN5O4. The number of hydrogen-bond donors (Lipinski definition) is 2. The smallest absolute Gasteiger partial charge is 0.412 e. The van der Waals surface area contributed by atoms with Crippen LogP contribution in [0, 0.1) is 5.82 Å². The molecule has 2 amide bonds. The summed E-state index contributed by atoms with van der Waals surface area (Å²) in [5, 5.41) is 5.40. The second-order valence-electron chi connectivity index (χ2n) is 10.0. The summed E-state index contributed by atoms with van der Waals surface area (Å²) in [6.45, 7) is 1.36. The minimum Gasteiger partial charge on any atom is -0.436 e. The molecular weight excluding hydrogens is 549 g/mol. The quantitative estimate of drug-likeness (QED) is 0.347. The third-order valence-electron chi connectivity index (χ3n) is 7.37. The maximum Gasteiger partial charge on any atom is 0.412 e. The molecule has 2 aliphatic rings. The molecule has 0 aliphatic carbocycles. The van der Waals surface area contributed by atoms with E-state index < -0.39 is 17.5 Å². The van der Waals surface area contributed by atoms with Gasteiger partial charge in [0.25, 0.3) is 11.5 Å². The zero-order valence-corrected chi connectivity index (χ0v) is 22.5. The van der Waals surface area contributed by atoms with E-state index in [1.54, 1.807) is 35.0 Å². The Morgan fingerprint density at radius 1 is 1.10 bits per heavy atom. The van der Waals surface area contributed by atoms with Crippen molar-refractivity contribution in [3.8, 4) is 0 Å². The molecule has 4 heterocycles. The van der Waals surface area contributed by atoms with E-state index in [1.807, 2.05) is 35.2 Å². The van der Waals surface area contributed by atoms with Crippen LogP contribution in [-0.4, -0.2) is 34.6 Å². The number of halogens is 2. The maximum absolute atomic E-state index is 15.1. The van der Waals surface area contributed by atoms with Crippen molar-refractivity contribution in [2.75, 3.05) is 23.3 Å². The van der Waals surface area contributed by atoms with Crippen LogP contribution in [0.3, 0.4) is 0 Å². The highest BCUT2D eigenvalue weighted by molar-refractivity contribution is 6.31. The van der Waals surface area contributed by atoms with Gasteiger partial charge in [-0.15, -0.1) is 0 Å². The van der Waals surface area contributed by atoms with Gasteiger partial charge in [0, 0.05) is 43.5 Å². The highest BCUT2D eigenvalue weighted by atomic mass is 35.5. The van der Waals surface area contributed by atoms with Gasteiger partial charge in [-0.2, -0.15) is 0 Å². The van der Waals surface area contributed by atoms with E-state index in [4.69, 9.17) is 16.3 Å². The van der Waals surface area contributed by atoms with Crippen molar-refractivity contribution in [1.29, 1.82) is 0 Å². The number of ether oxygens (including phenoxy) is 1. The third-order valence-corrected chi connectivity index (χ3v) is 7.66. The summed E-state index contributed by atoms with van der Waals surface area (Å²) in [7, 11) is 0. The second-order valence-corrected chi connectivity index (χ2v) is 10.4. The van der Waals surface area contributed by atoms with Crippen molar-refractivity contribution in [1.82, 2.24) is 14.9 Å². The van der Waals surface area contributed by atoms with Crippen LogP contribution in [-0.2, 0) is 23.4 Å². The van der Waals surface area contributed by atoms with Crippen LogP contribution in [0.4, 0.5) is 20.7 Å². The van der Waals surface area contributed by atoms with Gasteiger partial charge >= 0.3 is 6.09 Å². The first-order valence-corrected chi connectivity index (χ1v) is 13.4. The summed E-state index contributed by atoms with van der Waals surface area (Å²) in [6.07, 6.45) is 2.95. The zero-order valence-electron chi connectivity index (χ0n) is 21.8. The number of carbonyl (C=O) groups excluding carboxylic acids is 2. The number of aromatic nitrogens is 2. The van der Waals surface area contributed by atoms with E-state index in [2.05, 4.69) is 15.6 Å². The Balaban J connectivity index is 1.12. The molecule has 208 valence electrons. The standard InChI is InChI=1S/C30H25ClFN5O4/c31-22-8-9-23-26(27(22)32)30(41-29(40)35-23)11-14-37(18-30)24-15-21(10-12-33-24)28(39)34-16-19-4-6-20(7-5-19)17-36-13-2-1-3-25(36)38/h1-10,12-13,15H,11,14,16-18H2,(H,34,39)(H,35,40)/t30-/m1/s1. The molecule has 11 heteroatoms. The molecule has 0 unspecified atom stereocenters. The van der Waals surface area contributed by atoms with Crippen molar-refractivity contribution >= 4 is 35.1 Å². The summed E-state index contributed by atoms with van der Waals surface area (Å²) in [6, 6.07) is 19.0. The average Bonchev–Trinajstić information content (AvgIpc) is 3.39. The van der Waals surface area contributed by atoms with Crippen molar-refractivity contribution in [3.05, 3.63) is 123 Å². The predicted octanol–water partition coefficient (Wildman–Crippen LogP) is 4.68. The molecule has 1 atom stereocenters. The van der Waals surface area contributed by atoms with Crippen LogP contribution in [0.5, 0.6) is 0 Å². The Hall–Kier alpha value is -4.70. The first-order chi connectivity index (χ1) is 19.8. The van der Waals surface area contributed by atoms with Crippen molar-refractivity contribution in [2.24, 2.45) is 0 Å². The lowest BCUT2D eigenvalue weighted by Crippen LogP contribution is -2.42. The van der Waals surface area contributed by atoms with Crippen LogP contribution in [0.25, 0.3) is 0 Å². The fraction of sp³-hybridized carbons (Fsp3) is 0.200. The molecule has 4 aromatic rings. The fourth-order valence-corrected chi connectivity index (χ4v) is 5.45. The molecule has 2 aromatic carbocycles. The predicted molar refractivity (Wildman–Crippen MR) is 152 cm³/mol. The fourth-order valence-electron chi connectivity index (χ4n) is 5.30. The summed E-state index contributed by atoms with van der Waals surface area (Å²) in [5.41, 5.74) is 1.53. The highest BCUT2D eigenvalue weighted by Crippen LogP contribution is 2.46. The number of nitrogens with zero attached hydrogens (tertiary/aromatic N) is 3. The van der Waals surface area contributed by atoms with Gasteiger partial charge < -0.3 is 19.5 Å². The van der Waals surface area contributed by atoms with Crippen LogP contribution in [0.2, 0.25) is 5.02 Å². The monoisotopic (exact) mass is 573 g/mol. The molecule has 0 saturated carbocycles. The number of amides is 2. The van der Waals surface area contributed by atoms with Crippen LogP contribution < -0.4 is 21.1 Å². The molecule has 0 radical (unpaired) electrons. The van der Waals surface area contributed by atoms with E-state index in [0.29, 0.717) is 43.1 Å². The van der Waals surface area contributed by atoms with Gasteiger partial charge in [0.1, 0.15) is 5.82 Å². The van der Waals surface area contributed by atoms with Crippen molar-refractivity contribution < 1.29 is 18.7 Å². The third kappa shape index (κ3) is 5.26. The number of carbonyl (C=O) groups is 2. The molecule has 1 spiro atoms. The summed E-state index contributed by atoms with van der Waals surface area (Å²) in [5.74, 6) is -0.401. The summed E-state index contributed by atoms with van der Waals surface area (Å²) >= 11 is 6.05. The SMILES string of the molecule is O=C1Nc2ccc(Cl)c(F)c2[C@]2(CCN(c3cc(C(=O)NCc4ccc(Cn5ccccc5=O)cc4)ccn3)C2)O1.